The Hall–Kier alpha value is -3.20. The molecule has 1 aliphatic rings. The maximum atomic E-state index is 12.8. The Balaban J connectivity index is 1.48. The number of amides is 2. The Kier molecular flexibility index (Phi) is 5.29. The molecule has 9 nitrogen and oxygen atoms in total. The Morgan fingerprint density at radius 2 is 2.17 bits per heavy atom. The molecule has 2 amide bonds. The molecule has 1 aliphatic heterocycles. The second-order valence-electron chi connectivity index (χ2n) is 7.20. The van der Waals surface area contributed by atoms with Crippen molar-refractivity contribution in [2.24, 2.45) is 0 Å². The lowest BCUT2D eigenvalue weighted by molar-refractivity contribution is -0.130. The lowest BCUT2D eigenvalue weighted by Gasteiger charge is -2.16. The van der Waals surface area contributed by atoms with E-state index in [2.05, 4.69) is 15.3 Å². The number of nitrogens with one attached hydrogen (secondary N) is 1. The van der Waals surface area contributed by atoms with Crippen molar-refractivity contribution < 1.29 is 14.0 Å². The Labute approximate surface area is 176 Å². The van der Waals surface area contributed by atoms with E-state index >= 15 is 0 Å². The molecular formula is C20H20ClN5O4. The summed E-state index contributed by atoms with van der Waals surface area (Å²) < 4.78 is 6.49. The first kappa shape index (κ1) is 20.1. The second kappa shape index (κ2) is 7.91. The molecule has 0 spiro atoms. The molecule has 156 valence electrons. The van der Waals surface area contributed by atoms with Gasteiger partial charge in [-0.05, 0) is 25.5 Å². The molecule has 1 aromatic carbocycles. The number of aromatic nitrogens is 3. The number of likely N-dealkylation sites (tertiary alicyclic amines) is 1. The summed E-state index contributed by atoms with van der Waals surface area (Å²) in [7, 11) is 1.55. The number of hydrogen-bond acceptors (Lipinski definition) is 6. The molecule has 0 unspecified atom stereocenters. The number of carbonyl (C=O) groups is 2. The maximum Gasteiger partial charge on any atom is 0.420 e. The fourth-order valence-corrected chi connectivity index (χ4v) is 3.82. The SMILES string of the molecule is CNC(=O)c1cnc([C@@H]2CCN(C(=O)Cn3c(=O)oc4cc(Cl)ccc43)C2)nc1C. The molecule has 10 heteroatoms. The highest BCUT2D eigenvalue weighted by atomic mass is 35.5. The number of benzene rings is 1. The first-order valence-electron chi connectivity index (χ1n) is 9.49. The summed E-state index contributed by atoms with van der Waals surface area (Å²) in [6.07, 6.45) is 2.23. The number of aryl methyl sites for hydroxylation is 1. The minimum atomic E-state index is -0.597. The highest BCUT2D eigenvalue weighted by molar-refractivity contribution is 6.31. The highest BCUT2D eigenvalue weighted by Gasteiger charge is 2.30. The summed E-state index contributed by atoms with van der Waals surface area (Å²) >= 11 is 5.93. The Morgan fingerprint density at radius 3 is 2.90 bits per heavy atom. The molecule has 1 saturated heterocycles. The third-order valence-electron chi connectivity index (χ3n) is 5.30. The lowest BCUT2D eigenvalue weighted by atomic mass is 10.1. The van der Waals surface area contributed by atoms with Gasteiger partial charge in [-0.25, -0.2) is 14.8 Å². The molecule has 0 bridgehead atoms. The molecule has 4 rings (SSSR count). The van der Waals surface area contributed by atoms with Gasteiger partial charge in [-0.15, -0.1) is 0 Å². The molecule has 30 heavy (non-hydrogen) atoms. The number of halogens is 1. The number of oxazole rings is 1. The van der Waals surface area contributed by atoms with Crippen molar-refractivity contribution in [1.29, 1.82) is 0 Å². The number of fused-ring (bicyclic) bond motifs is 1. The van der Waals surface area contributed by atoms with E-state index in [0.717, 1.165) is 0 Å². The van der Waals surface area contributed by atoms with E-state index in [1.165, 1.54) is 10.8 Å². The van der Waals surface area contributed by atoms with Gasteiger partial charge in [-0.1, -0.05) is 11.6 Å². The summed E-state index contributed by atoms with van der Waals surface area (Å²) in [5.74, 6) is -0.434. The summed E-state index contributed by atoms with van der Waals surface area (Å²) in [6, 6.07) is 4.86. The van der Waals surface area contributed by atoms with Crippen LogP contribution in [0.25, 0.3) is 11.1 Å². The predicted molar refractivity (Wildman–Crippen MR) is 110 cm³/mol. The van der Waals surface area contributed by atoms with E-state index in [9.17, 15) is 14.4 Å². The van der Waals surface area contributed by atoms with Crippen LogP contribution in [0.15, 0.2) is 33.6 Å². The molecule has 3 heterocycles. The summed E-state index contributed by atoms with van der Waals surface area (Å²) in [4.78, 5) is 47.3. The van der Waals surface area contributed by atoms with Crippen molar-refractivity contribution in [2.75, 3.05) is 20.1 Å². The zero-order valence-corrected chi connectivity index (χ0v) is 17.3. The van der Waals surface area contributed by atoms with E-state index < -0.39 is 5.76 Å². The minimum absolute atomic E-state index is 0.0250. The van der Waals surface area contributed by atoms with Crippen LogP contribution in [0, 0.1) is 6.92 Å². The van der Waals surface area contributed by atoms with Gasteiger partial charge in [0.1, 0.15) is 12.4 Å². The molecule has 1 atom stereocenters. The standard InChI is InChI=1S/C20H20ClN5O4/c1-11-14(19(28)22-2)8-23-18(24-11)12-5-6-25(9-12)17(27)10-26-15-4-3-13(21)7-16(15)30-20(26)29/h3-4,7-8,12H,5-6,9-10H2,1-2H3,(H,22,28)/t12-/m1/s1. The van der Waals surface area contributed by atoms with Crippen LogP contribution in [0.1, 0.15) is 34.2 Å². The van der Waals surface area contributed by atoms with Crippen LogP contribution < -0.4 is 11.1 Å². The molecular weight excluding hydrogens is 410 g/mol. The van der Waals surface area contributed by atoms with Crippen molar-refractivity contribution in [3.63, 3.8) is 0 Å². The number of carbonyl (C=O) groups excluding carboxylic acids is 2. The van der Waals surface area contributed by atoms with Crippen molar-refractivity contribution in [1.82, 2.24) is 24.8 Å². The Morgan fingerprint density at radius 1 is 1.37 bits per heavy atom. The summed E-state index contributed by atoms with van der Waals surface area (Å²) in [5, 5.41) is 3.01. The van der Waals surface area contributed by atoms with Crippen LogP contribution in [0.3, 0.4) is 0 Å². The molecule has 0 aliphatic carbocycles. The number of nitrogens with zero attached hydrogens (tertiary/aromatic N) is 4. The monoisotopic (exact) mass is 429 g/mol. The zero-order chi connectivity index (χ0) is 21.4. The van der Waals surface area contributed by atoms with E-state index in [4.69, 9.17) is 16.0 Å². The lowest BCUT2D eigenvalue weighted by Crippen LogP contribution is -2.34. The Bertz CT molecular complexity index is 1200. The first-order valence-corrected chi connectivity index (χ1v) is 9.87. The summed E-state index contributed by atoms with van der Waals surface area (Å²) in [6.45, 7) is 2.64. The first-order chi connectivity index (χ1) is 14.4. The molecule has 0 saturated carbocycles. The van der Waals surface area contributed by atoms with Gasteiger partial charge in [0, 0.05) is 43.3 Å². The van der Waals surface area contributed by atoms with Gasteiger partial charge in [0.25, 0.3) is 5.91 Å². The third-order valence-corrected chi connectivity index (χ3v) is 5.53. The second-order valence-corrected chi connectivity index (χ2v) is 7.63. The van der Waals surface area contributed by atoms with Gasteiger partial charge in [-0.2, -0.15) is 0 Å². The van der Waals surface area contributed by atoms with Crippen molar-refractivity contribution >= 4 is 34.5 Å². The van der Waals surface area contributed by atoms with Gasteiger partial charge in [0.15, 0.2) is 5.58 Å². The molecule has 1 fully saturated rings. The number of hydrogen-bond donors (Lipinski definition) is 1. The fraction of sp³-hybridized carbons (Fsp3) is 0.350. The van der Waals surface area contributed by atoms with Gasteiger partial charge >= 0.3 is 5.76 Å². The van der Waals surface area contributed by atoms with Gasteiger partial charge in [0.2, 0.25) is 5.91 Å². The van der Waals surface area contributed by atoms with Crippen LogP contribution in [0.2, 0.25) is 5.02 Å². The van der Waals surface area contributed by atoms with Crippen molar-refractivity contribution in [3.05, 3.63) is 57.1 Å². The third kappa shape index (κ3) is 3.68. The predicted octanol–water partition coefficient (Wildman–Crippen LogP) is 1.72. The molecule has 2 aromatic heterocycles. The fourth-order valence-electron chi connectivity index (χ4n) is 3.66. The van der Waals surface area contributed by atoms with Gasteiger partial charge in [0.05, 0.1) is 16.8 Å². The average Bonchev–Trinajstić information content (AvgIpc) is 3.32. The van der Waals surface area contributed by atoms with E-state index in [1.807, 2.05) is 0 Å². The van der Waals surface area contributed by atoms with Crippen molar-refractivity contribution in [2.45, 2.75) is 25.8 Å². The van der Waals surface area contributed by atoms with Crippen LogP contribution in [0.4, 0.5) is 0 Å². The van der Waals surface area contributed by atoms with E-state index in [-0.39, 0.29) is 24.3 Å². The van der Waals surface area contributed by atoms with Crippen LogP contribution in [0.5, 0.6) is 0 Å². The summed E-state index contributed by atoms with van der Waals surface area (Å²) in [5.41, 5.74) is 1.90. The average molecular weight is 430 g/mol. The van der Waals surface area contributed by atoms with Gasteiger partial charge in [-0.3, -0.25) is 14.2 Å². The van der Waals surface area contributed by atoms with Crippen LogP contribution in [-0.2, 0) is 11.3 Å². The molecule has 3 aromatic rings. The quantitative estimate of drug-likeness (QED) is 0.676. The maximum absolute atomic E-state index is 12.8. The molecule has 0 radical (unpaired) electrons. The number of rotatable bonds is 4. The van der Waals surface area contributed by atoms with E-state index in [1.54, 1.807) is 37.1 Å². The van der Waals surface area contributed by atoms with E-state index in [0.29, 0.717) is 52.7 Å². The topological polar surface area (TPSA) is 110 Å². The highest BCUT2D eigenvalue weighted by Crippen LogP contribution is 2.26. The normalized spacial score (nSPS) is 16.2. The minimum Gasteiger partial charge on any atom is -0.408 e. The van der Waals surface area contributed by atoms with Crippen LogP contribution >= 0.6 is 11.6 Å². The zero-order valence-electron chi connectivity index (χ0n) is 16.5. The largest absolute Gasteiger partial charge is 0.420 e. The smallest absolute Gasteiger partial charge is 0.408 e. The van der Waals surface area contributed by atoms with Crippen LogP contribution in [-0.4, -0.2) is 51.4 Å². The molecule has 1 N–H and O–H groups in total. The van der Waals surface area contributed by atoms with Gasteiger partial charge < -0.3 is 14.6 Å². The van der Waals surface area contributed by atoms with Crippen molar-refractivity contribution in [3.8, 4) is 0 Å².